The Hall–Kier alpha value is -1.33. The first-order valence-corrected chi connectivity index (χ1v) is 6.08. The lowest BCUT2D eigenvalue weighted by atomic mass is 9.90. The highest BCUT2D eigenvalue weighted by Gasteiger charge is 2.18. The summed E-state index contributed by atoms with van der Waals surface area (Å²) in [4.78, 5) is 15.4. The normalized spacial score (nSPS) is 11.1. The Kier molecular flexibility index (Phi) is 5.37. The smallest absolute Gasteiger partial charge is 0.319 e. The summed E-state index contributed by atoms with van der Waals surface area (Å²) < 4.78 is 0. The first kappa shape index (κ1) is 14.7. The van der Waals surface area contributed by atoms with Crippen molar-refractivity contribution >= 4 is 23.3 Å². The number of urea groups is 1. The molecule has 1 heterocycles. The Balaban J connectivity index is 2.43. The molecule has 2 amide bonds. The molecule has 18 heavy (non-hydrogen) atoms. The third kappa shape index (κ3) is 5.33. The van der Waals surface area contributed by atoms with Gasteiger partial charge in [0, 0.05) is 25.0 Å². The maximum absolute atomic E-state index is 11.6. The van der Waals surface area contributed by atoms with Crippen molar-refractivity contribution in [2.75, 3.05) is 18.5 Å². The monoisotopic (exact) mass is 271 g/mol. The number of rotatable bonds is 5. The molecule has 1 rings (SSSR count). The summed E-state index contributed by atoms with van der Waals surface area (Å²) >= 11 is 5.71. The van der Waals surface area contributed by atoms with E-state index in [-0.39, 0.29) is 18.1 Å². The van der Waals surface area contributed by atoms with Crippen LogP contribution in [0.4, 0.5) is 10.5 Å². The van der Waals surface area contributed by atoms with Crippen molar-refractivity contribution in [3.8, 4) is 0 Å². The van der Waals surface area contributed by atoms with Crippen LogP contribution in [0.3, 0.4) is 0 Å². The minimum atomic E-state index is -0.303. The zero-order valence-electron chi connectivity index (χ0n) is 10.5. The SMILES string of the molecule is CC(C)(CCO)CNC(=O)Nc1ccnc(Cl)c1. The number of anilines is 1. The van der Waals surface area contributed by atoms with E-state index in [2.05, 4.69) is 15.6 Å². The van der Waals surface area contributed by atoms with Crippen molar-refractivity contribution in [2.45, 2.75) is 20.3 Å². The van der Waals surface area contributed by atoms with Gasteiger partial charge in [-0.1, -0.05) is 25.4 Å². The van der Waals surface area contributed by atoms with Gasteiger partial charge in [-0.2, -0.15) is 0 Å². The summed E-state index contributed by atoms with van der Waals surface area (Å²) in [6, 6.07) is 2.92. The zero-order chi connectivity index (χ0) is 13.6. The van der Waals surface area contributed by atoms with Gasteiger partial charge in [0.15, 0.2) is 0 Å². The standard InChI is InChI=1S/C12H18ClN3O2/c1-12(2,4-6-17)8-15-11(18)16-9-3-5-14-10(13)7-9/h3,5,7,17H,4,6,8H2,1-2H3,(H2,14,15,16,18). The number of hydrogen-bond acceptors (Lipinski definition) is 3. The van der Waals surface area contributed by atoms with Crippen molar-refractivity contribution < 1.29 is 9.90 Å². The van der Waals surface area contributed by atoms with Crippen LogP contribution in [-0.4, -0.2) is 29.3 Å². The van der Waals surface area contributed by atoms with Crippen molar-refractivity contribution in [3.63, 3.8) is 0 Å². The average molecular weight is 272 g/mol. The highest BCUT2D eigenvalue weighted by molar-refractivity contribution is 6.29. The van der Waals surface area contributed by atoms with Crippen molar-refractivity contribution in [2.24, 2.45) is 5.41 Å². The second-order valence-electron chi connectivity index (χ2n) is 4.81. The van der Waals surface area contributed by atoms with E-state index in [0.29, 0.717) is 23.8 Å². The van der Waals surface area contributed by atoms with Crippen LogP contribution in [-0.2, 0) is 0 Å². The van der Waals surface area contributed by atoms with Gasteiger partial charge in [0.25, 0.3) is 0 Å². The molecule has 0 unspecified atom stereocenters. The van der Waals surface area contributed by atoms with Crippen molar-refractivity contribution in [1.29, 1.82) is 0 Å². The van der Waals surface area contributed by atoms with Gasteiger partial charge in [-0.05, 0) is 24.0 Å². The van der Waals surface area contributed by atoms with Gasteiger partial charge in [-0.3, -0.25) is 0 Å². The van der Waals surface area contributed by atoms with Crippen LogP contribution in [0.25, 0.3) is 0 Å². The number of aliphatic hydroxyl groups excluding tert-OH is 1. The molecule has 0 saturated carbocycles. The molecule has 0 aromatic carbocycles. The van der Waals surface area contributed by atoms with Crippen molar-refractivity contribution in [1.82, 2.24) is 10.3 Å². The number of aliphatic hydroxyl groups is 1. The lowest BCUT2D eigenvalue weighted by Crippen LogP contribution is -2.37. The minimum Gasteiger partial charge on any atom is -0.396 e. The Morgan fingerprint density at radius 3 is 2.89 bits per heavy atom. The maximum atomic E-state index is 11.6. The third-order valence-corrected chi connectivity index (χ3v) is 2.71. The van der Waals surface area contributed by atoms with E-state index >= 15 is 0 Å². The molecule has 0 saturated heterocycles. The molecule has 1 aromatic heterocycles. The predicted molar refractivity (Wildman–Crippen MR) is 71.8 cm³/mol. The summed E-state index contributed by atoms with van der Waals surface area (Å²) in [5.74, 6) is 0. The van der Waals surface area contributed by atoms with E-state index in [1.165, 1.54) is 6.20 Å². The van der Waals surface area contributed by atoms with Crippen LogP contribution in [0.2, 0.25) is 5.15 Å². The van der Waals surface area contributed by atoms with Gasteiger partial charge < -0.3 is 15.7 Å². The van der Waals surface area contributed by atoms with Gasteiger partial charge in [-0.25, -0.2) is 9.78 Å². The number of amides is 2. The van der Waals surface area contributed by atoms with Crippen LogP contribution in [0.5, 0.6) is 0 Å². The molecule has 3 N–H and O–H groups in total. The van der Waals surface area contributed by atoms with E-state index in [0.717, 1.165) is 0 Å². The maximum Gasteiger partial charge on any atom is 0.319 e. The average Bonchev–Trinajstić information content (AvgIpc) is 2.26. The van der Waals surface area contributed by atoms with E-state index in [1.54, 1.807) is 12.1 Å². The van der Waals surface area contributed by atoms with E-state index < -0.39 is 0 Å². The largest absolute Gasteiger partial charge is 0.396 e. The van der Waals surface area contributed by atoms with Gasteiger partial charge >= 0.3 is 6.03 Å². The number of aromatic nitrogens is 1. The van der Waals surface area contributed by atoms with Crippen LogP contribution in [0.1, 0.15) is 20.3 Å². The van der Waals surface area contributed by atoms with Crippen molar-refractivity contribution in [3.05, 3.63) is 23.5 Å². The minimum absolute atomic E-state index is 0.107. The lowest BCUT2D eigenvalue weighted by molar-refractivity contribution is 0.204. The number of nitrogens with one attached hydrogen (secondary N) is 2. The van der Waals surface area contributed by atoms with Crippen LogP contribution >= 0.6 is 11.6 Å². The zero-order valence-corrected chi connectivity index (χ0v) is 11.3. The fourth-order valence-electron chi connectivity index (χ4n) is 1.37. The van der Waals surface area contributed by atoms with Gasteiger partial charge in [-0.15, -0.1) is 0 Å². The summed E-state index contributed by atoms with van der Waals surface area (Å²) in [7, 11) is 0. The van der Waals surface area contributed by atoms with Gasteiger partial charge in [0.05, 0.1) is 0 Å². The quantitative estimate of drug-likeness (QED) is 0.719. The summed E-state index contributed by atoms with van der Waals surface area (Å²) in [6.45, 7) is 4.55. The Morgan fingerprint density at radius 1 is 1.56 bits per heavy atom. The molecule has 0 bridgehead atoms. The van der Waals surface area contributed by atoms with Gasteiger partial charge in [0.2, 0.25) is 0 Å². The second kappa shape index (κ2) is 6.56. The Labute approximate surface area is 112 Å². The summed E-state index contributed by atoms with van der Waals surface area (Å²) in [5, 5.41) is 14.6. The van der Waals surface area contributed by atoms with Crippen LogP contribution in [0, 0.1) is 5.41 Å². The predicted octanol–water partition coefficient (Wildman–Crippen LogP) is 2.27. The molecule has 1 aromatic rings. The molecule has 0 aliphatic carbocycles. The van der Waals surface area contributed by atoms with E-state index in [9.17, 15) is 4.79 Å². The number of carbonyl (C=O) groups is 1. The third-order valence-electron chi connectivity index (χ3n) is 2.50. The fraction of sp³-hybridized carbons (Fsp3) is 0.500. The first-order chi connectivity index (χ1) is 8.43. The summed E-state index contributed by atoms with van der Waals surface area (Å²) in [6.07, 6.45) is 2.15. The van der Waals surface area contributed by atoms with Crippen LogP contribution in [0.15, 0.2) is 18.3 Å². The molecule has 5 nitrogen and oxygen atoms in total. The molecule has 0 spiro atoms. The van der Waals surface area contributed by atoms with E-state index in [4.69, 9.17) is 16.7 Å². The second-order valence-corrected chi connectivity index (χ2v) is 5.20. The topological polar surface area (TPSA) is 74.2 Å². The molecule has 6 heteroatoms. The molecular formula is C12H18ClN3O2. The Bertz CT molecular complexity index is 410. The van der Waals surface area contributed by atoms with E-state index in [1.807, 2.05) is 13.8 Å². The number of nitrogens with zero attached hydrogens (tertiary/aromatic N) is 1. The number of carbonyl (C=O) groups excluding carboxylic acids is 1. The highest BCUT2D eigenvalue weighted by atomic mass is 35.5. The molecule has 0 fully saturated rings. The van der Waals surface area contributed by atoms with Gasteiger partial charge in [0.1, 0.15) is 5.15 Å². The molecule has 0 atom stereocenters. The number of pyridine rings is 1. The van der Waals surface area contributed by atoms with Crippen LogP contribution < -0.4 is 10.6 Å². The number of halogens is 1. The molecular weight excluding hydrogens is 254 g/mol. The fourth-order valence-corrected chi connectivity index (χ4v) is 1.54. The molecule has 100 valence electrons. The molecule has 0 aliphatic rings. The highest BCUT2D eigenvalue weighted by Crippen LogP contribution is 2.18. The lowest BCUT2D eigenvalue weighted by Gasteiger charge is -2.23. The number of hydrogen-bond donors (Lipinski definition) is 3. The Morgan fingerprint density at radius 2 is 2.28 bits per heavy atom. The summed E-state index contributed by atoms with van der Waals surface area (Å²) in [5.41, 5.74) is 0.453. The molecule has 0 radical (unpaired) electrons. The first-order valence-electron chi connectivity index (χ1n) is 5.70. The molecule has 0 aliphatic heterocycles.